The van der Waals surface area contributed by atoms with Crippen molar-refractivity contribution in [3.8, 4) is 0 Å². The van der Waals surface area contributed by atoms with Crippen molar-refractivity contribution in [2.45, 2.75) is 58.2 Å². The third-order valence-corrected chi connectivity index (χ3v) is 3.84. The van der Waals surface area contributed by atoms with E-state index in [1.165, 1.54) is 24.0 Å². The van der Waals surface area contributed by atoms with Gasteiger partial charge in [0.05, 0.1) is 5.60 Å². The van der Waals surface area contributed by atoms with Crippen LogP contribution in [0.1, 0.15) is 47.0 Å². The van der Waals surface area contributed by atoms with E-state index in [1.807, 2.05) is 0 Å². The van der Waals surface area contributed by atoms with Crippen molar-refractivity contribution < 1.29 is 4.74 Å². The van der Waals surface area contributed by atoms with Crippen LogP contribution in [0, 0.1) is 0 Å². The van der Waals surface area contributed by atoms with E-state index in [-0.39, 0.29) is 11.2 Å². The SMILES string of the molecule is CC1=C(C)C2(C=CCCC2)OC1(C)C. The summed E-state index contributed by atoms with van der Waals surface area (Å²) >= 11 is 0. The summed E-state index contributed by atoms with van der Waals surface area (Å²) < 4.78 is 6.24. The van der Waals surface area contributed by atoms with E-state index in [4.69, 9.17) is 4.74 Å². The minimum atomic E-state index is -0.0776. The summed E-state index contributed by atoms with van der Waals surface area (Å²) in [5.41, 5.74) is 2.69. The molecule has 1 atom stereocenters. The topological polar surface area (TPSA) is 9.23 Å². The lowest BCUT2D eigenvalue weighted by molar-refractivity contribution is -0.0568. The first-order valence-corrected chi connectivity index (χ1v) is 5.54. The number of hydrogen-bond donors (Lipinski definition) is 0. The Balaban J connectivity index is 2.42. The highest BCUT2D eigenvalue weighted by atomic mass is 16.5. The van der Waals surface area contributed by atoms with Gasteiger partial charge in [0.25, 0.3) is 0 Å². The van der Waals surface area contributed by atoms with Gasteiger partial charge in [-0.15, -0.1) is 0 Å². The maximum absolute atomic E-state index is 6.24. The molecule has 1 aliphatic carbocycles. The first-order chi connectivity index (χ1) is 6.48. The lowest BCUT2D eigenvalue weighted by Crippen LogP contribution is -2.34. The Morgan fingerprint density at radius 1 is 1.21 bits per heavy atom. The van der Waals surface area contributed by atoms with Gasteiger partial charge < -0.3 is 4.74 Å². The molecule has 1 unspecified atom stereocenters. The minimum absolute atomic E-state index is 0.0637. The second-order valence-electron chi connectivity index (χ2n) is 5.05. The molecular weight excluding hydrogens is 172 g/mol. The smallest absolute Gasteiger partial charge is 0.108 e. The van der Waals surface area contributed by atoms with Gasteiger partial charge in [-0.2, -0.15) is 0 Å². The normalized spacial score (nSPS) is 35.7. The van der Waals surface area contributed by atoms with Crippen molar-refractivity contribution in [3.63, 3.8) is 0 Å². The maximum Gasteiger partial charge on any atom is 0.108 e. The molecule has 1 aliphatic heterocycles. The van der Waals surface area contributed by atoms with Crippen LogP contribution < -0.4 is 0 Å². The lowest BCUT2D eigenvalue weighted by Gasteiger charge is -2.33. The zero-order chi connectivity index (χ0) is 10.4. The summed E-state index contributed by atoms with van der Waals surface area (Å²) in [6, 6.07) is 0. The third kappa shape index (κ3) is 1.26. The van der Waals surface area contributed by atoms with Gasteiger partial charge in [0.2, 0.25) is 0 Å². The van der Waals surface area contributed by atoms with Crippen LogP contribution in [0.5, 0.6) is 0 Å². The van der Waals surface area contributed by atoms with Crippen molar-refractivity contribution in [1.82, 2.24) is 0 Å². The maximum atomic E-state index is 6.24. The Morgan fingerprint density at radius 2 is 1.93 bits per heavy atom. The highest BCUT2D eigenvalue weighted by molar-refractivity contribution is 5.38. The van der Waals surface area contributed by atoms with Gasteiger partial charge in [-0.3, -0.25) is 0 Å². The predicted octanol–water partition coefficient (Wildman–Crippen LogP) is 3.61. The molecule has 0 saturated heterocycles. The molecule has 2 aliphatic rings. The monoisotopic (exact) mass is 192 g/mol. The van der Waals surface area contributed by atoms with Crippen LogP contribution in [0.15, 0.2) is 23.3 Å². The van der Waals surface area contributed by atoms with Crippen molar-refractivity contribution >= 4 is 0 Å². The summed E-state index contributed by atoms with van der Waals surface area (Å²) in [4.78, 5) is 0. The van der Waals surface area contributed by atoms with E-state index < -0.39 is 0 Å². The molecule has 78 valence electrons. The van der Waals surface area contributed by atoms with E-state index in [9.17, 15) is 0 Å². The molecule has 0 amide bonds. The molecule has 0 saturated carbocycles. The molecular formula is C13H20O. The average molecular weight is 192 g/mol. The third-order valence-electron chi connectivity index (χ3n) is 3.84. The fraction of sp³-hybridized carbons (Fsp3) is 0.692. The molecule has 0 aromatic rings. The largest absolute Gasteiger partial charge is 0.356 e. The molecule has 1 heterocycles. The molecule has 0 radical (unpaired) electrons. The van der Waals surface area contributed by atoms with Crippen molar-refractivity contribution in [2.75, 3.05) is 0 Å². The van der Waals surface area contributed by atoms with Crippen molar-refractivity contribution in [3.05, 3.63) is 23.3 Å². The van der Waals surface area contributed by atoms with Crippen molar-refractivity contribution in [2.24, 2.45) is 0 Å². The molecule has 1 spiro atoms. The standard InChI is InChI=1S/C13H20O/c1-10-11(2)13(14-12(10,3)4)8-6-5-7-9-13/h6,8H,5,7,9H2,1-4H3. The van der Waals surface area contributed by atoms with Crippen molar-refractivity contribution in [1.29, 1.82) is 0 Å². The molecule has 1 heteroatoms. The summed E-state index contributed by atoms with van der Waals surface area (Å²) in [5, 5.41) is 0. The highest BCUT2D eigenvalue weighted by Gasteiger charge is 2.45. The highest BCUT2D eigenvalue weighted by Crippen LogP contribution is 2.46. The van der Waals surface area contributed by atoms with Gasteiger partial charge in [-0.1, -0.05) is 12.2 Å². The number of allylic oxidation sites excluding steroid dienone is 1. The lowest BCUT2D eigenvalue weighted by atomic mass is 9.84. The molecule has 14 heavy (non-hydrogen) atoms. The van der Waals surface area contributed by atoms with E-state index >= 15 is 0 Å². The first kappa shape index (κ1) is 9.97. The summed E-state index contributed by atoms with van der Waals surface area (Å²) in [7, 11) is 0. The van der Waals surface area contributed by atoms with Crippen LogP contribution in [-0.2, 0) is 4.74 Å². The predicted molar refractivity (Wildman–Crippen MR) is 59.3 cm³/mol. The van der Waals surface area contributed by atoms with E-state index in [2.05, 4.69) is 39.8 Å². The van der Waals surface area contributed by atoms with Crippen LogP contribution >= 0.6 is 0 Å². The Morgan fingerprint density at radius 3 is 2.36 bits per heavy atom. The number of hydrogen-bond acceptors (Lipinski definition) is 1. The van der Waals surface area contributed by atoms with E-state index in [0.717, 1.165) is 6.42 Å². The quantitative estimate of drug-likeness (QED) is 0.533. The van der Waals surface area contributed by atoms with Gasteiger partial charge in [0, 0.05) is 0 Å². The number of ether oxygens (including phenoxy) is 1. The minimum Gasteiger partial charge on any atom is -0.356 e. The fourth-order valence-corrected chi connectivity index (χ4v) is 2.61. The van der Waals surface area contributed by atoms with Gasteiger partial charge in [-0.25, -0.2) is 0 Å². The molecule has 0 fully saturated rings. The Kier molecular flexibility index (Phi) is 2.11. The Hall–Kier alpha value is -0.560. The van der Waals surface area contributed by atoms with E-state index in [0.29, 0.717) is 0 Å². The van der Waals surface area contributed by atoms with Gasteiger partial charge in [0.1, 0.15) is 5.60 Å². The zero-order valence-corrected chi connectivity index (χ0v) is 9.68. The molecule has 2 rings (SSSR count). The fourth-order valence-electron chi connectivity index (χ4n) is 2.61. The first-order valence-electron chi connectivity index (χ1n) is 5.54. The van der Waals surface area contributed by atoms with Crippen LogP contribution in [-0.4, -0.2) is 11.2 Å². The molecule has 0 aromatic heterocycles. The van der Waals surface area contributed by atoms with Gasteiger partial charge in [-0.05, 0) is 58.1 Å². The van der Waals surface area contributed by atoms with E-state index in [1.54, 1.807) is 0 Å². The molecule has 0 bridgehead atoms. The Labute approximate surface area is 86.8 Å². The molecule has 0 N–H and O–H groups in total. The average Bonchev–Trinajstić information content (AvgIpc) is 2.29. The number of rotatable bonds is 0. The summed E-state index contributed by atoms with van der Waals surface area (Å²) in [5.74, 6) is 0. The van der Waals surface area contributed by atoms with Crippen LogP contribution in [0.4, 0.5) is 0 Å². The second kappa shape index (κ2) is 2.96. The summed E-state index contributed by atoms with van der Waals surface area (Å²) in [6.07, 6.45) is 8.14. The Bertz CT molecular complexity index is 309. The zero-order valence-electron chi connectivity index (χ0n) is 9.68. The molecule has 1 nitrogen and oxygen atoms in total. The molecule has 0 aromatic carbocycles. The van der Waals surface area contributed by atoms with Gasteiger partial charge >= 0.3 is 0 Å². The summed E-state index contributed by atoms with van der Waals surface area (Å²) in [6.45, 7) is 8.76. The second-order valence-corrected chi connectivity index (χ2v) is 5.05. The van der Waals surface area contributed by atoms with Crippen LogP contribution in [0.3, 0.4) is 0 Å². The van der Waals surface area contributed by atoms with Gasteiger partial charge in [0.15, 0.2) is 0 Å². The van der Waals surface area contributed by atoms with Crippen LogP contribution in [0.2, 0.25) is 0 Å². The van der Waals surface area contributed by atoms with Crippen LogP contribution in [0.25, 0.3) is 0 Å².